The number of hydrogen-bond acceptors (Lipinski definition) is 6. The monoisotopic (exact) mass is 566 g/mol. The summed E-state index contributed by atoms with van der Waals surface area (Å²) in [5, 5.41) is 16.6. The van der Waals surface area contributed by atoms with Crippen LogP contribution in [0.4, 0.5) is 5.69 Å². The third-order valence-corrected chi connectivity index (χ3v) is 7.96. The van der Waals surface area contributed by atoms with Crippen LogP contribution < -0.4 is 10.2 Å². The Balaban J connectivity index is 1.21. The Kier molecular flexibility index (Phi) is 8.43. The lowest BCUT2D eigenvalue weighted by Crippen LogP contribution is -2.42. The minimum Gasteiger partial charge on any atom is -0.480 e. The SMILES string of the molecule is CC1CCN(c2ccc(-c3nc(-c4ccc(C[C@H](NC(=O)c5ccc(C(C)(C)C)cc5)C(=O)O)cc4)no3)cc2)CC1. The quantitative estimate of drug-likeness (QED) is 0.255. The van der Waals surface area contributed by atoms with Crippen molar-refractivity contribution in [1.82, 2.24) is 15.5 Å². The molecule has 8 heteroatoms. The first-order valence-electron chi connectivity index (χ1n) is 14.5. The van der Waals surface area contributed by atoms with E-state index in [9.17, 15) is 14.7 Å². The van der Waals surface area contributed by atoms with Crippen molar-refractivity contribution in [1.29, 1.82) is 0 Å². The smallest absolute Gasteiger partial charge is 0.326 e. The average Bonchev–Trinajstić information content (AvgIpc) is 3.48. The zero-order valence-corrected chi connectivity index (χ0v) is 24.6. The van der Waals surface area contributed by atoms with E-state index in [4.69, 9.17) is 4.52 Å². The second kappa shape index (κ2) is 12.2. The second-order valence-electron chi connectivity index (χ2n) is 12.2. The predicted octanol–water partition coefficient (Wildman–Crippen LogP) is 6.36. The molecular weight excluding hydrogens is 528 g/mol. The molecule has 3 aromatic carbocycles. The minimum atomic E-state index is -1.09. The van der Waals surface area contributed by atoms with E-state index in [0.29, 0.717) is 17.3 Å². The summed E-state index contributed by atoms with van der Waals surface area (Å²) in [7, 11) is 0. The summed E-state index contributed by atoms with van der Waals surface area (Å²) in [5.74, 6) is 0.164. The molecule has 0 radical (unpaired) electrons. The van der Waals surface area contributed by atoms with Gasteiger partial charge in [-0.3, -0.25) is 4.79 Å². The highest BCUT2D eigenvalue weighted by Gasteiger charge is 2.22. The summed E-state index contributed by atoms with van der Waals surface area (Å²) >= 11 is 0. The molecule has 0 bridgehead atoms. The first-order chi connectivity index (χ1) is 20.1. The Morgan fingerprint density at radius 1 is 0.952 bits per heavy atom. The Bertz CT molecular complexity index is 1510. The molecule has 218 valence electrons. The first kappa shape index (κ1) is 29.0. The highest BCUT2D eigenvalue weighted by molar-refractivity contribution is 5.96. The number of nitrogens with zero attached hydrogens (tertiary/aromatic N) is 3. The number of aliphatic carboxylic acids is 1. The third-order valence-electron chi connectivity index (χ3n) is 7.96. The van der Waals surface area contributed by atoms with E-state index >= 15 is 0 Å². The van der Waals surface area contributed by atoms with Crippen molar-refractivity contribution in [3.63, 3.8) is 0 Å². The van der Waals surface area contributed by atoms with Gasteiger partial charge in [-0.25, -0.2) is 4.79 Å². The van der Waals surface area contributed by atoms with Crippen molar-refractivity contribution in [2.75, 3.05) is 18.0 Å². The topological polar surface area (TPSA) is 109 Å². The van der Waals surface area contributed by atoms with E-state index in [2.05, 4.69) is 60.2 Å². The lowest BCUT2D eigenvalue weighted by molar-refractivity contribution is -0.139. The fraction of sp³-hybridized carbons (Fsp3) is 0.353. The number of nitrogens with one attached hydrogen (secondary N) is 1. The molecule has 1 saturated heterocycles. The summed E-state index contributed by atoms with van der Waals surface area (Å²) in [5.41, 5.74) is 5.06. The highest BCUT2D eigenvalue weighted by Crippen LogP contribution is 2.28. The van der Waals surface area contributed by atoms with Crippen molar-refractivity contribution in [3.8, 4) is 22.8 Å². The van der Waals surface area contributed by atoms with Gasteiger partial charge in [-0.15, -0.1) is 0 Å². The summed E-state index contributed by atoms with van der Waals surface area (Å²) in [6.45, 7) is 10.8. The number of rotatable bonds is 8. The van der Waals surface area contributed by atoms with Crippen LogP contribution in [0.25, 0.3) is 22.8 Å². The van der Waals surface area contributed by atoms with Crippen LogP contribution in [0.3, 0.4) is 0 Å². The van der Waals surface area contributed by atoms with E-state index < -0.39 is 17.9 Å². The molecule has 1 aliphatic rings. The molecule has 1 amide bonds. The van der Waals surface area contributed by atoms with Gasteiger partial charge in [-0.1, -0.05) is 69.2 Å². The van der Waals surface area contributed by atoms with Gasteiger partial charge in [-0.05, 0) is 71.7 Å². The van der Waals surface area contributed by atoms with Crippen LogP contribution in [0.5, 0.6) is 0 Å². The van der Waals surface area contributed by atoms with E-state index in [1.165, 1.54) is 18.5 Å². The zero-order valence-electron chi connectivity index (χ0n) is 24.6. The van der Waals surface area contributed by atoms with Gasteiger partial charge in [0.25, 0.3) is 11.8 Å². The second-order valence-corrected chi connectivity index (χ2v) is 12.2. The fourth-order valence-corrected chi connectivity index (χ4v) is 5.13. The van der Waals surface area contributed by atoms with Crippen molar-refractivity contribution < 1.29 is 19.2 Å². The lowest BCUT2D eigenvalue weighted by atomic mass is 9.86. The van der Waals surface area contributed by atoms with Gasteiger partial charge in [0.2, 0.25) is 5.82 Å². The molecule has 1 aliphatic heterocycles. The van der Waals surface area contributed by atoms with Crippen molar-refractivity contribution in [2.45, 2.75) is 58.4 Å². The van der Waals surface area contributed by atoms with Crippen LogP contribution in [0.1, 0.15) is 62.0 Å². The van der Waals surface area contributed by atoms with Gasteiger partial charge in [0, 0.05) is 41.9 Å². The third kappa shape index (κ3) is 6.87. The first-order valence-corrected chi connectivity index (χ1v) is 14.5. The molecule has 2 heterocycles. The molecule has 8 nitrogen and oxygen atoms in total. The van der Waals surface area contributed by atoms with Crippen molar-refractivity contribution in [2.24, 2.45) is 5.92 Å². The van der Waals surface area contributed by atoms with Crippen molar-refractivity contribution >= 4 is 17.6 Å². The van der Waals surface area contributed by atoms with E-state index in [0.717, 1.165) is 41.3 Å². The normalized spacial score (nSPS) is 14.9. The molecule has 0 unspecified atom stereocenters. The highest BCUT2D eigenvalue weighted by atomic mass is 16.5. The average molecular weight is 567 g/mol. The van der Waals surface area contributed by atoms with Crippen LogP contribution in [0, 0.1) is 5.92 Å². The largest absolute Gasteiger partial charge is 0.480 e. The number of amides is 1. The molecule has 0 spiro atoms. The van der Waals surface area contributed by atoms with Crippen LogP contribution in [-0.2, 0) is 16.6 Å². The van der Waals surface area contributed by atoms with E-state index in [-0.39, 0.29) is 11.8 Å². The molecule has 1 fully saturated rings. The maximum atomic E-state index is 12.8. The summed E-state index contributed by atoms with van der Waals surface area (Å²) in [6.07, 6.45) is 2.57. The molecule has 2 N–H and O–H groups in total. The van der Waals surface area contributed by atoms with Crippen LogP contribution >= 0.6 is 0 Å². The van der Waals surface area contributed by atoms with E-state index in [1.54, 1.807) is 12.1 Å². The van der Waals surface area contributed by atoms with E-state index in [1.807, 2.05) is 48.5 Å². The number of hydrogen-bond donors (Lipinski definition) is 2. The molecular formula is C34H38N4O4. The maximum absolute atomic E-state index is 12.8. The van der Waals surface area contributed by atoms with Crippen LogP contribution in [-0.4, -0.2) is 46.3 Å². The number of anilines is 1. The number of carbonyl (C=O) groups excluding carboxylic acids is 1. The number of benzene rings is 3. The molecule has 1 atom stereocenters. The summed E-state index contributed by atoms with van der Waals surface area (Å²) in [4.78, 5) is 31.7. The number of carboxylic acids is 1. The lowest BCUT2D eigenvalue weighted by Gasteiger charge is -2.32. The minimum absolute atomic E-state index is 0.0365. The van der Waals surface area contributed by atoms with Gasteiger partial charge in [-0.2, -0.15) is 4.98 Å². The zero-order chi connectivity index (χ0) is 29.9. The van der Waals surface area contributed by atoms with Crippen molar-refractivity contribution in [3.05, 3.63) is 89.5 Å². The summed E-state index contributed by atoms with van der Waals surface area (Å²) < 4.78 is 5.54. The Labute approximate surface area is 246 Å². The van der Waals surface area contributed by atoms with Gasteiger partial charge in [0.1, 0.15) is 6.04 Å². The Hall–Kier alpha value is -4.46. The molecule has 1 aromatic heterocycles. The number of carbonyl (C=O) groups is 2. The Morgan fingerprint density at radius 2 is 1.57 bits per heavy atom. The predicted molar refractivity (Wildman–Crippen MR) is 164 cm³/mol. The molecule has 4 aromatic rings. The number of aromatic nitrogens is 2. The van der Waals surface area contributed by atoms with Crippen LogP contribution in [0.15, 0.2) is 77.3 Å². The fourth-order valence-electron chi connectivity index (χ4n) is 5.13. The van der Waals surface area contributed by atoms with Gasteiger partial charge in [0.15, 0.2) is 0 Å². The summed E-state index contributed by atoms with van der Waals surface area (Å²) in [6, 6.07) is 21.7. The number of piperidine rings is 1. The van der Waals surface area contributed by atoms with Gasteiger partial charge in [0.05, 0.1) is 0 Å². The molecule has 0 aliphatic carbocycles. The molecule has 42 heavy (non-hydrogen) atoms. The molecule has 5 rings (SSSR count). The molecule has 0 saturated carbocycles. The van der Waals surface area contributed by atoms with Crippen LogP contribution in [0.2, 0.25) is 0 Å². The number of carboxylic acid groups (broad SMARTS) is 1. The maximum Gasteiger partial charge on any atom is 0.326 e. The van der Waals surface area contributed by atoms with Gasteiger partial charge >= 0.3 is 5.97 Å². The Morgan fingerprint density at radius 3 is 2.17 bits per heavy atom. The van der Waals surface area contributed by atoms with Gasteiger partial charge < -0.3 is 19.8 Å². The standard InChI is InChI=1S/C34H38N4O4/c1-22-17-19-38(20-18-22)28-15-11-26(12-16-28)32-36-30(37-42-32)24-7-5-23(6-8-24)21-29(33(40)41)35-31(39)25-9-13-27(14-10-25)34(2,3)4/h5-16,22,29H,17-21H2,1-4H3,(H,35,39)(H,40,41)/t29-/m0/s1.